The molecule has 5 nitrogen and oxygen atoms in total. The minimum atomic E-state index is -0.304. The lowest BCUT2D eigenvalue weighted by Gasteiger charge is -2.56. The normalized spacial score (nSPS) is 26.6. The van der Waals surface area contributed by atoms with Crippen LogP contribution in [0.25, 0.3) is 0 Å². The van der Waals surface area contributed by atoms with E-state index < -0.39 is 0 Å². The number of carbonyl (C=O) groups excluding carboxylic acids is 1. The summed E-state index contributed by atoms with van der Waals surface area (Å²) < 4.78 is 18.8. The van der Waals surface area contributed by atoms with Gasteiger partial charge in [0.1, 0.15) is 6.61 Å². The third kappa shape index (κ3) is 3.27. The molecule has 2 aliphatic carbocycles. The number of hydrogen-bond donors (Lipinski definition) is 0. The number of carbonyl (C=O) groups is 1. The summed E-state index contributed by atoms with van der Waals surface area (Å²) >= 11 is 3.62. The van der Waals surface area contributed by atoms with Crippen molar-refractivity contribution in [2.45, 2.75) is 37.3 Å². The monoisotopic (exact) mass is 497 g/mol. The fourth-order valence-corrected chi connectivity index (χ4v) is 6.32. The number of Topliss-reactive ketones (excluding diaryl/α,β-unsaturated/α-hetero) is 1. The molecule has 5 rings (SSSR count). The SMILES string of the molecule is COC1=C[C@@H]2[C@@H]3Cc4ccc(OC)c(OCc5ccccc5Br)c4[C@]2(CCN3C)CC1=O. The Morgan fingerprint density at radius 2 is 1.97 bits per heavy atom. The number of halogens is 1. The van der Waals surface area contributed by atoms with Crippen LogP contribution >= 0.6 is 15.9 Å². The molecule has 1 saturated heterocycles. The molecule has 168 valence electrons. The third-order valence-electron chi connectivity index (χ3n) is 7.52. The summed E-state index contributed by atoms with van der Waals surface area (Å²) in [7, 11) is 5.45. The maximum absolute atomic E-state index is 13.1. The number of fused-ring (bicyclic) bond motifs is 1. The van der Waals surface area contributed by atoms with E-state index in [1.54, 1.807) is 14.2 Å². The van der Waals surface area contributed by atoms with Crippen molar-refractivity contribution < 1.29 is 19.0 Å². The lowest BCUT2D eigenvalue weighted by Crippen LogP contribution is -2.60. The number of benzene rings is 2. The molecule has 3 atom stereocenters. The highest BCUT2D eigenvalue weighted by molar-refractivity contribution is 9.10. The van der Waals surface area contributed by atoms with Gasteiger partial charge in [0.2, 0.25) is 0 Å². The zero-order valence-corrected chi connectivity index (χ0v) is 20.3. The number of methoxy groups -OCH3 is 2. The summed E-state index contributed by atoms with van der Waals surface area (Å²) in [6.45, 7) is 1.37. The number of piperidine rings is 1. The number of ketones is 1. The summed E-state index contributed by atoms with van der Waals surface area (Å²) in [5, 5.41) is 0. The van der Waals surface area contributed by atoms with Crippen molar-refractivity contribution in [3.63, 3.8) is 0 Å². The predicted molar refractivity (Wildman–Crippen MR) is 126 cm³/mol. The second-order valence-electron chi connectivity index (χ2n) is 9.03. The Hall–Kier alpha value is -2.31. The number of ether oxygens (including phenoxy) is 3. The van der Waals surface area contributed by atoms with E-state index in [2.05, 4.69) is 46.1 Å². The first-order chi connectivity index (χ1) is 15.5. The van der Waals surface area contributed by atoms with Gasteiger partial charge in [0.05, 0.1) is 14.2 Å². The Labute approximate surface area is 197 Å². The molecule has 3 aliphatic rings. The molecule has 2 aromatic carbocycles. The van der Waals surface area contributed by atoms with Crippen LogP contribution in [0.4, 0.5) is 0 Å². The molecule has 32 heavy (non-hydrogen) atoms. The van der Waals surface area contributed by atoms with Crippen LogP contribution in [0.1, 0.15) is 29.5 Å². The van der Waals surface area contributed by atoms with Crippen LogP contribution in [0.15, 0.2) is 52.7 Å². The van der Waals surface area contributed by atoms with E-state index in [4.69, 9.17) is 14.2 Å². The fraction of sp³-hybridized carbons (Fsp3) is 0.423. The maximum Gasteiger partial charge on any atom is 0.197 e. The van der Waals surface area contributed by atoms with E-state index in [1.165, 1.54) is 5.56 Å². The van der Waals surface area contributed by atoms with Gasteiger partial charge in [-0.25, -0.2) is 0 Å². The summed E-state index contributed by atoms with van der Waals surface area (Å²) in [5.41, 5.74) is 3.17. The molecule has 0 unspecified atom stereocenters. The van der Waals surface area contributed by atoms with E-state index in [9.17, 15) is 4.79 Å². The fourth-order valence-electron chi connectivity index (χ4n) is 5.92. The van der Waals surface area contributed by atoms with Crippen molar-refractivity contribution in [3.8, 4) is 11.5 Å². The zero-order chi connectivity index (χ0) is 22.5. The predicted octanol–water partition coefficient (Wildman–Crippen LogP) is 4.65. The van der Waals surface area contributed by atoms with Crippen molar-refractivity contribution in [3.05, 3.63) is 69.4 Å². The molecule has 0 radical (unpaired) electrons. The Morgan fingerprint density at radius 3 is 2.72 bits per heavy atom. The van der Waals surface area contributed by atoms with Crippen LogP contribution in [-0.2, 0) is 28.0 Å². The number of rotatable bonds is 5. The van der Waals surface area contributed by atoms with Gasteiger partial charge in [-0.1, -0.05) is 40.2 Å². The van der Waals surface area contributed by atoms with E-state index in [0.29, 0.717) is 24.8 Å². The Kier molecular flexibility index (Phi) is 5.54. The molecule has 1 heterocycles. The second-order valence-corrected chi connectivity index (χ2v) is 9.88. The van der Waals surface area contributed by atoms with Gasteiger partial charge in [-0.15, -0.1) is 0 Å². The molecule has 1 fully saturated rings. The maximum atomic E-state index is 13.1. The van der Waals surface area contributed by atoms with E-state index in [-0.39, 0.29) is 17.1 Å². The smallest absolute Gasteiger partial charge is 0.197 e. The molecular formula is C26H28BrNO4. The third-order valence-corrected chi connectivity index (χ3v) is 8.29. The van der Waals surface area contributed by atoms with Crippen LogP contribution in [-0.4, -0.2) is 44.5 Å². The van der Waals surface area contributed by atoms with Gasteiger partial charge in [-0.3, -0.25) is 4.79 Å². The van der Waals surface area contributed by atoms with Gasteiger partial charge in [-0.05, 0) is 50.2 Å². The highest BCUT2D eigenvalue weighted by atomic mass is 79.9. The highest BCUT2D eigenvalue weighted by Crippen LogP contribution is 2.58. The van der Waals surface area contributed by atoms with Crippen LogP contribution in [0.5, 0.6) is 11.5 Å². The van der Waals surface area contributed by atoms with Gasteiger partial charge in [0.15, 0.2) is 23.0 Å². The summed E-state index contributed by atoms with van der Waals surface area (Å²) in [6, 6.07) is 12.6. The first-order valence-corrected chi connectivity index (χ1v) is 11.8. The summed E-state index contributed by atoms with van der Waals surface area (Å²) in [5.74, 6) is 2.25. The molecule has 2 aromatic rings. The average molecular weight is 498 g/mol. The number of hydrogen-bond acceptors (Lipinski definition) is 5. The van der Waals surface area contributed by atoms with E-state index in [1.807, 2.05) is 24.3 Å². The van der Waals surface area contributed by atoms with Crippen molar-refractivity contribution in [1.29, 1.82) is 0 Å². The number of nitrogens with zero attached hydrogens (tertiary/aromatic N) is 1. The Balaban J connectivity index is 1.65. The Morgan fingerprint density at radius 1 is 1.16 bits per heavy atom. The first-order valence-electron chi connectivity index (χ1n) is 11.0. The van der Waals surface area contributed by atoms with Gasteiger partial charge in [0.25, 0.3) is 0 Å². The standard InChI is InChI=1S/C26H28BrNO4/c1-28-11-10-26-14-21(29)23(31-3)13-18(26)20(28)12-16-8-9-22(30-2)25(24(16)26)32-15-17-6-4-5-7-19(17)27/h4-9,13,18,20H,10-12,14-15H2,1-3H3/t18-,20+,26-/m1/s1. The lowest BCUT2D eigenvalue weighted by molar-refractivity contribution is -0.122. The minimum absolute atomic E-state index is 0.0690. The number of allylic oxidation sites excluding steroid dienone is 1. The highest BCUT2D eigenvalue weighted by Gasteiger charge is 2.56. The molecule has 0 amide bonds. The van der Waals surface area contributed by atoms with E-state index in [0.717, 1.165) is 46.5 Å². The first kappa shape index (κ1) is 21.5. The molecule has 1 aliphatic heterocycles. The molecule has 2 bridgehead atoms. The van der Waals surface area contributed by atoms with Crippen molar-refractivity contribution in [2.24, 2.45) is 5.92 Å². The second kappa shape index (κ2) is 8.23. The van der Waals surface area contributed by atoms with Crippen molar-refractivity contribution >= 4 is 21.7 Å². The molecule has 0 saturated carbocycles. The summed E-state index contributed by atoms with van der Waals surface area (Å²) in [4.78, 5) is 15.5. The zero-order valence-electron chi connectivity index (χ0n) is 18.7. The average Bonchev–Trinajstić information content (AvgIpc) is 2.80. The number of likely N-dealkylation sites (tertiary alicyclic amines) is 1. The van der Waals surface area contributed by atoms with Gasteiger partial charge < -0.3 is 19.1 Å². The lowest BCUT2D eigenvalue weighted by atomic mass is 9.53. The molecule has 0 spiro atoms. The van der Waals surface area contributed by atoms with Gasteiger partial charge in [0, 0.05) is 39.4 Å². The number of likely N-dealkylation sites (N-methyl/N-ethyl adjacent to an activating group) is 1. The largest absolute Gasteiger partial charge is 0.493 e. The molecule has 0 N–H and O–H groups in total. The van der Waals surface area contributed by atoms with Crippen molar-refractivity contribution in [2.75, 3.05) is 27.8 Å². The molecular weight excluding hydrogens is 470 g/mol. The topological polar surface area (TPSA) is 48.0 Å². The van der Waals surface area contributed by atoms with Crippen LogP contribution in [0, 0.1) is 5.92 Å². The van der Waals surface area contributed by atoms with Crippen LogP contribution in [0.2, 0.25) is 0 Å². The van der Waals surface area contributed by atoms with Gasteiger partial charge >= 0.3 is 0 Å². The molecule has 0 aromatic heterocycles. The van der Waals surface area contributed by atoms with E-state index >= 15 is 0 Å². The summed E-state index contributed by atoms with van der Waals surface area (Å²) in [6.07, 6.45) is 4.32. The minimum Gasteiger partial charge on any atom is -0.493 e. The Bertz CT molecular complexity index is 1100. The van der Waals surface area contributed by atoms with Gasteiger partial charge in [-0.2, -0.15) is 0 Å². The molecule has 6 heteroatoms. The van der Waals surface area contributed by atoms with Crippen LogP contribution in [0.3, 0.4) is 0 Å². The quantitative estimate of drug-likeness (QED) is 0.601. The van der Waals surface area contributed by atoms with Crippen molar-refractivity contribution in [1.82, 2.24) is 4.90 Å². The van der Waals surface area contributed by atoms with Crippen LogP contribution < -0.4 is 9.47 Å².